The molecular formula is C29H39F3N7O3+. The molecule has 10 nitrogen and oxygen atoms in total. The molecule has 2 amide bonds. The molecule has 3 aromatic rings. The van der Waals surface area contributed by atoms with Crippen LogP contribution >= 0.6 is 0 Å². The molecule has 0 radical (unpaired) electrons. The van der Waals surface area contributed by atoms with Gasteiger partial charge in [-0.1, -0.05) is 30.3 Å². The molecule has 0 bridgehead atoms. The number of quaternary nitrogens is 1. The van der Waals surface area contributed by atoms with Crippen LogP contribution in [0.2, 0.25) is 0 Å². The van der Waals surface area contributed by atoms with Gasteiger partial charge in [-0.15, -0.1) is 13.2 Å². The summed E-state index contributed by atoms with van der Waals surface area (Å²) >= 11 is 0. The number of anilines is 1. The number of nitrogens with zero attached hydrogens (tertiary/aromatic N) is 2. The summed E-state index contributed by atoms with van der Waals surface area (Å²) in [7, 11) is 2.05. The van der Waals surface area contributed by atoms with E-state index in [0.29, 0.717) is 41.7 Å². The molecule has 8 N–H and O–H groups in total. The number of fused-ring (bicyclic) bond motifs is 1. The highest BCUT2D eigenvalue weighted by Gasteiger charge is 2.31. The molecule has 3 rings (SSSR count). The fourth-order valence-corrected chi connectivity index (χ4v) is 4.70. The van der Waals surface area contributed by atoms with Crippen molar-refractivity contribution in [2.24, 2.45) is 17.2 Å². The van der Waals surface area contributed by atoms with Gasteiger partial charge in [-0.2, -0.15) is 0 Å². The Kier molecular flexibility index (Phi) is 11.6. The fraction of sp³-hybridized carbons (Fsp3) is 0.414. The number of rotatable bonds is 15. The Hall–Kier alpha value is -3.78. The van der Waals surface area contributed by atoms with Crippen LogP contribution in [0.3, 0.4) is 0 Å². The largest absolute Gasteiger partial charge is 0.573 e. The van der Waals surface area contributed by atoms with Crippen molar-refractivity contribution in [2.75, 3.05) is 45.1 Å². The number of halogens is 3. The van der Waals surface area contributed by atoms with Crippen LogP contribution in [0.1, 0.15) is 18.4 Å². The van der Waals surface area contributed by atoms with Gasteiger partial charge in [0.15, 0.2) is 0 Å². The van der Waals surface area contributed by atoms with Gasteiger partial charge in [-0.3, -0.25) is 14.6 Å². The number of amides is 2. The van der Waals surface area contributed by atoms with E-state index in [1.54, 1.807) is 6.07 Å². The molecule has 1 unspecified atom stereocenters. The maximum atomic E-state index is 13.4. The second-order valence-electron chi connectivity index (χ2n) is 10.5. The number of carbonyl (C=O) groups excluding carboxylic acids is 2. The minimum atomic E-state index is -4.83. The highest BCUT2D eigenvalue weighted by molar-refractivity contribution is 5.99. The molecule has 1 heterocycles. The molecule has 228 valence electrons. The molecule has 2 aromatic carbocycles. The highest BCUT2D eigenvalue weighted by atomic mass is 19.4. The Balaban J connectivity index is 1.71. The molecule has 0 saturated heterocycles. The lowest BCUT2D eigenvalue weighted by Crippen LogP contribution is -2.52. The first-order chi connectivity index (χ1) is 19.9. The number of hydrogen-bond donors (Lipinski definition) is 5. The summed E-state index contributed by atoms with van der Waals surface area (Å²) in [6, 6.07) is 12.3. The van der Waals surface area contributed by atoms with Crippen LogP contribution < -0.4 is 32.6 Å². The highest BCUT2D eigenvalue weighted by Crippen LogP contribution is 2.23. The second-order valence-corrected chi connectivity index (χ2v) is 10.5. The smallest absolute Gasteiger partial charge is 0.406 e. The molecule has 0 aliphatic heterocycles. The summed E-state index contributed by atoms with van der Waals surface area (Å²) in [5.41, 5.74) is 19.4. The Morgan fingerprint density at radius 1 is 1.00 bits per heavy atom. The van der Waals surface area contributed by atoms with E-state index < -0.39 is 36.0 Å². The van der Waals surface area contributed by atoms with E-state index in [-0.39, 0.29) is 6.42 Å². The third-order valence-corrected chi connectivity index (χ3v) is 6.98. The molecule has 0 spiro atoms. The molecule has 0 saturated carbocycles. The summed E-state index contributed by atoms with van der Waals surface area (Å²) in [4.78, 5) is 30.8. The minimum absolute atomic E-state index is 0.000435. The summed E-state index contributed by atoms with van der Waals surface area (Å²) in [5, 5.41) is 6.31. The molecule has 0 aliphatic rings. The standard InChI is InChI=1S/C29H38F3N7O3/c1-39(15-12-33,16-13-34)14-4-6-24(35)27(40)38-26(17-20-8-10-23(11-9-20)42-29(30,31)32)28(41)37-22-18-21-5-2-3-7-25(21)36-19-22/h2-3,5,7-11,18-19,24,26H,4,6,12-17,33-35H2,1H3,(H-,37,38,40,41)/p+1/t24?,26-/m0/s1. The molecule has 13 heteroatoms. The van der Waals surface area contributed by atoms with Gasteiger partial charge in [-0.25, -0.2) is 0 Å². The van der Waals surface area contributed by atoms with Crippen LogP contribution in [0.25, 0.3) is 10.9 Å². The number of para-hydroxylation sites is 1. The fourth-order valence-electron chi connectivity index (χ4n) is 4.70. The number of nitrogens with one attached hydrogen (secondary N) is 2. The van der Waals surface area contributed by atoms with Crippen molar-refractivity contribution < 1.29 is 32.0 Å². The van der Waals surface area contributed by atoms with Gasteiger partial charge >= 0.3 is 6.36 Å². The monoisotopic (exact) mass is 590 g/mol. The first-order valence-corrected chi connectivity index (χ1v) is 13.7. The lowest BCUT2D eigenvalue weighted by molar-refractivity contribution is -0.907. The number of ether oxygens (including phenoxy) is 1. The van der Waals surface area contributed by atoms with Gasteiger partial charge in [0, 0.05) is 24.9 Å². The van der Waals surface area contributed by atoms with Crippen LogP contribution in [0.4, 0.5) is 18.9 Å². The van der Waals surface area contributed by atoms with Crippen molar-refractivity contribution >= 4 is 28.4 Å². The number of carbonyl (C=O) groups is 2. The predicted octanol–water partition coefficient (Wildman–Crippen LogP) is 2.27. The summed E-state index contributed by atoms with van der Waals surface area (Å²) < 4.78 is 42.3. The van der Waals surface area contributed by atoms with E-state index in [1.807, 2.05) is 24.3 Å². The Morgan fingerprint density at radius 3 is 2.31 bits per heavy atom. The van der Waals surface area contributed by atoms with Gasteiger partial charge in [0.1, 0.15) is 11.8 Å². The topological polar surface area (TPSA) is 158 Å². The average Bonchev–Trinajstić information content (AvgIpc) is 2.93. The minimum Gasteiger partial charge on any atom is -0.406 e. The van der Waals surface area contributed by atoms with Crippen LogP contribution in [-0.4, -0.2) is 79.5 Å². The summed E-state index contributed by atoms with van der Waals surface area (Å²) in [6.07, 6.45) is -2.30. The van der Waals surface area contributed by atoms with Gasteiger partial charge in [0.25, 0.3) is 0 Å². The van der Waals surface area contributed by atoms with E-state index in [2.05, 4.69) is 27.4 Å². The van der Waals surface area contributed by atoms with Crippen LogP contribution in [0, 0.1) is 0 Å². The Morgan fingerprint density at radius 2 is 1.67 bits per heavy atom. The molecule has 0 aliphatic carbocycles. The quantitative estimate of drug-likeness (QED) is 0.170. The van der Waals surface area contributed by atoms with E-state index >= 15 is 0 Å². The maximum absolute atomic E-state index is 13.4. The van der Waals surface area contributed by atoms with Gasteiger partial charge in [0.2, 0.25) is 11.8 Å². The predicted molar refractivity (Wildman–Crippen MR) is 155 cm³/mol. The molecule has 1 aromatic heterocycles. The third kappa shape index (κ3) is 10.2. The first-order valence-electron chi connectivity index (χ1n) is 13.7. The number of likely N-dealkylation sites (N-methyl/N-ethyl adjacent to an activating group) is 1. The van der Waals surface area contributed by atoms with Crippen molar-refractivity contribution in [1.82, 2.24) is 10.3 Å². The number of hydrogen-bond acceptors (Lipinski definition) is 7. The second kappa shape index (κ2) is 14.9. The zero-order valence-corrected chi connectivity index (χ0v) is 23.6. The molecule has 2 atom stereocenters. The van der Waals surface area contributed by atoms with E-state index in [0.717, 1.165) is 42.7 Å². The Bertz CT molecular complexity index is 1320. The van der Waals surface area contributed by atoms with Crippen LogP contribution in [0.5, 0.6) is 5.75 Å². The van der Waals surface area contributed by atoms with Gasteiger partial charge < -0.3 is 37.1 Å². The summed E-state index contributed by atoms with van der Waals surface area (Å²) in [5.74, 6) is -1.44. The maximum Gasteiger partial charge on any atom is 0.573 e. The van der Waals surface area contributed by atoms with Crippen molar-refractivity contribution in [3.05, 3.63) is 66.4 Å². The SMILES string of the molecule is C[N+](CCN)(CCN)CCCC(N)C(=O)N[C@@H](Cc1ccc(OC(F)(F)F)cc1)C(=O)Nc1cnc2ccccc2c1. The number of aromatic nitrogens is 1. The number of nitrogens with two attached hydrogens (primary N) is 3. The first kappa shape index (κ1) is 32.7. The van der Waals surface area contributed by atoms with Crippen molar-refractivity contribution in [1.29, 1.82) is 0 Å². The van der Waals surface area contributed by atoms with E-state index in [4.69, 9.17) is 17.2 Å². The molecular weight excluding hydrogens is 551 g/mol. The van der Waals surface area contributed by atoms with Crippen molar-refractivity contribution in [2.45, 2.75) is 37.7 Å². The zero-order chi connectivity index (χ0) is 30.8. The lowest BCUT2D eigenvalue weighted by Gasteiger charge is -2.34. The van der Waals surface area contributed by atoms with Crippen molar-refractivity contribution in [3.63, 3.8) is 0 Å². The van der Waals surface area contributed by atoms with Gasteiger partial charge in [-0.05, 0) is 42.7 Å². The number of pyridine rings is 1. The van der Waals surface area contributed by atoms with E-state index in [9.17, 15) is 22.8 Å². The summed E-state index contributed by atoms with van der Waals surface area (Å²) in [6.45, 7) is 3.25. The average molecular weight is 591 g/mol. The van der Waals surface area contributed by atoms with E-state index in [1.165, 1.54) is 18.3 Å². The molecule has 0 fully saturated rings. The Labute approximate surface area is 243 Å². The normalized spacial score (nSPS) is 13.4. The van der Waals surface area contributed by atoms with Gasteiger partial charge in [0.05, 0.1) is 50.1 Å². The number of alkyl halides is 3. The zero-order valence-electron chi connectivity index (χ0n) is 23.6. The molecule has 42 heavy (non-hydrogen) atoms. The third-order valence-electron chi connectivity index (χ3n) is 6.98. The lowest BCUT2D eigenvalue weighted by atomic mass is 10.0. The van der Waals surface area contributed by atoms with Crippen LogP contribution in [-0.2, 0) is 16.0 Å². The van der Waals surface area contributed by atoms with Crippen molar-refractivity contribution in [3.8, 4) is 5.75 Å². The number of benzene rings is 2. The van der Waals surface area contributed by atoms with Crippen LogP contribution in [0.15, 0.2) is 60.8 Å².